The molecule has 0 spiro atoms. The van der Waals surface area contributed by atoms with E-state index in [2.05, 4.69) is 5.32 Å². The summed E-state index contributed by atoms with van der Waals surface area (Å²) in [4.78, 5) is 29.0. The summed E-state index contributed by atoms with van der Waals surface area (Å²) < 4.78 is 34.3. The molecule has 1 N–H and O–H groups in total. The minimum Gasteiger partial charge on any atom is -0.495 e. The molecule has 0 saturated carbocycles. The van der Waals surface area contributed by atoms with Crippen molar-refractivity contribution in [3.63, 3.8) is 0 Å². The Morgan fingerprint density at radius 3 is 2.07 bits per heavy atom. The third-order valence-electron chi connectivity index (χ3n) is 6.86. The second-order valence-electron chi connectivity index (χ2n) is 10.7. The molecule has 0 aromatic heterocycles. The van der Waals surface area contributed by atoms with Crippen molar-refractivity contribution in [2.24, 2.45) is 5.92 Å². The zero-order valence-electron chi connectivity index (χ0n) is 25.1. The number of carbonyl (C=O) groups excluding carboxylic acids is 2. The Labute approximate surface area is 254 Å². The molecule has 0 aliphatic heterocycles. The highest BCUT2D eigenvalue weighted by Gasteiger charge is 2.34. The van der Waals surface area contributed by atoms with Crippen molar-refractivity contribution in [1.82, 2.24) is 10.2 Å². The molecule has 226 valence electrons. The number of hydrogen-bond acceptors (Lipinski definition) is 5. The quantitative estimate of drug-likeness (QED) is 0.265. The van der Waals surface area contributed by atoms with Gasteiger partial charge in [0.15, 0.2) is 0 Å². The van der Waals surface area contributed by atoms with Gasteiger partial charge in [0, 0.05) is 13.1 Å². The first-order chi connectivity index (χ1) is 19.9. The standard InChI is InChI=1S/C32H40ClN3O5S/c1-7-29(32(38)34-19-22(2)3)35(20-25-12-8-23(4)9-13-25)31(37)21-36(26-14-17-30(41-6)28(33)18-26)42(39,40)27-15-10-24(5)11-16-27/h8-18,22,29H,7,19-21H2,1-6H3,(H,34,38)/t29-/m1/s1. The molecule has 0 heterocycles. The van der Waals surface area contributed by atoms with Crippen molar-refractivity contribution in [3.8, 4) is 5.75 Å². The summed E-state index contributed by atoms with van der Waals surface area (Å²) in [6.07, 6.45) is 0.348. The van der Waals surface area contributed by atoms with Crippen molar-refractivity contribution in [1.29, 1.82) is 0 Å². The van der Waals surface area contributed by atoms with Crippen LogP contribution in [0.4, 0.5) is 5.69 Å². The Balaban J connectivity index is 2.08. The van der Waals surface area contributed by atoms with Crippen LogP contribution in [-0.2, 0) is 26.2 Å². The Hall–Kier alpha value is -3.56. The molecule has 10 heteroatoms. The van der Waals surface area contributed by atoms with Crippen LogP contribution < -0.4 is 14.4 Å². The molecule has 1 atom stereocenters. The molecule has 2 amide bonds. The van der Waals surface area contributed by atoms with E-state index >= 15 is 0 Å². The fourth-order valence-electron chi connectivity index (χ4n) is 4.41. The Kier molecular flexibility index (Phi) is 11.4. The zero-order chi connectivity index (χ0) is 31.0. The number of rotatable bonds is 13. The minimum atomic E-state index is -4.20. The van der Waals surface area contributed by atoms with E-state index in [9.17, 15) is 18.0 Å². The van der Waals surface area contributed by atoms with Gasteiger partial charge >= 0.3 is 0 Å². The van der Waals surface area contributed by atoms with E-state index in [-0.39, 0.29) is 34.0 Å². The van der Waals surface area contributed by atoms with Crippen molar-refractivity contribution >= 4 is 39.1 Å². The van der Waals surface area contributed by atoms with E-state index in [1.54, 1.807) is 24.3 Å². The van der Waals surface area contributed by atoms with E-state index in [1.807, 2.05) is 58.9 Å². The predicted molar refractivity (Wildman–Crippen MR) is 167 cm³/mol. The molecule has 3 aromatic rings. The van der Waals surface area contributed by atoms with Crippen LogP contribution in [0, 0.1) is 19.8 Å². The summed E-state index contributed by atoms with van der Waals surface area (Å²) in [6, 6.07) is 17.8. The summed E-state index contributed by atoms with van der Waals surface area (Å²) in [5, 5.41) is 3.13. The van der Waals surface area contributed by atoms with Crippen molar-refractivity contribution in [3.05, 3.63) is 88.4 Å². The highest BCUT2D eigenvalue weighted by molar-refractivity contribution is 7.92. The maximum atomic E-state index is 14.2. The lowest BCUT2D eigenvalue weighted by Crippen LogP contribution is -2.52. The molecule has 0 aliphatic rings. The average Bonchev–Trinajstić information content (AvgIpc) is 2.95. The smallest absolute Gasteiger partial charge is 0.264 e. The maximum absolute atomic E-state index is 14.2. The lowest BCUT2D eigenvalue weighted by Gasteiger charge is -2.33. The number of methoxy groups -OCH3 is 1. The molecular formula is C32H40ClN3O5S. The topological polar surface area (TPSA) is 96.0 Å². The van der Waals surface area contributed by atoms with Gasteiger partial charge in [-0.25, -0.2) is 8.42 Å². The third-order valence-corrected chi connectivity index (χ3v) is 8.94. The number of nitrogens with zero attached hydrogens (tertiary/aromatic N) is 2. The van der Waals surface area contributed by atoms with Crippen LogP contribution in [-0.4, -0.2) is 51.4 Å². The van der Waals surface area contributed by atoms with Gasteiger partial charge < -0.3 is 15.0 Å². The molecule has 8 nitrogen and oxygen atoms in total. The van der Waals surface area contributed by atoms with Crippen LogP contribution >= 0.6 is 11.6 Å². The average molecular weight is 614 g/mol. The Morgan fingerprint density at radius 1 is 0.952 bits per heavy atom. The fraction of sp³-hybridized carbons (Fsp3) is 0.375. The Morgan fingerprint density at radius 2 is 1.55 bits per heavy atom. The number of aryl methyl sites for hydroxylation is 2. The predicted octanol–water partition coefficient (Wildman–Crippen LogP) is 5.74. The highest BCUT2D eigenvalue weighted by atomic mass is 35.5. The van der Waals surface area contributed by atoms with Crippen molar-refractivity contribution < 1.29 is 22.7 Å². The molecule has 3 rings (SSSR count). The molecule has 0 aliphatic carbocycles. The number of carbonyl (C=O) groups is 2. The van der Waals surface area contributed by atoms with Gasteiger partial charge in [0.2, 0.25) is 11.8 Å². The van der Waals surface area contributed by atoms with Crippen LogP contribution in [0.3, 0.4) is 0 Å². The van der Waals surface area contributed by atoms with Crippen molar-refractivity contribution in [2.45, 2.75) is 58.5 Å². The number of benzene rings is 3. The van der Waals surface area contributed by atoms with Crippen molar-refractivity contribution in [2.75, 3.05) is 24.5 Å². The first-order valence-corrected chi connectivity index (χ1v) is 15.7. The lowest BCUT2D eigenvalue weighted by atomic mass is 10.1. The molecule has 3 aromatic carbocycles. The number of sulfonamides is 1. The molecule has 0 fully saturated rings. The largest absolute Gasteiger partial charge is 0.495 e. The van der Waals surface area contributed by atoms with E-state index in [1.165, 1.54) is 30.2 Å². The fourth-order valence-corrected chi connectivity index (χ4v) is 6.07. The van der Waals surface area contributed by atoms with Gasteiger partial charge in [-0.2, -0.15) is 0 Å². The SMILES string of the molecule is CC[C@H](C(=O)NCC(C)C)N(Cc1ccc(C)cc1)C(=O)CN(c1ccc(OC)c(Cl)c1)S(=O)(=O)c1ccc(C)cc1. The second-order valence-corrected chi connectivity index (χ2v) is 13.0. The summed E-state index contributed by atoms with van der Waals surface area (Å²) in [7, 11) is -2.74. The number of hydrogen-bond donors (Lipinski definition) is 1. The van der Waals surface area contributed by atoms with Crippen LogP contribution in [0.1, 0.15) is 43.9 Å². The van der Waals surface area contributed by atoms with E-state index in [4.69, 9.17) is 16.3 Å². The second kappa shape index (κ2) is 14.6. The number of ether oxygens (including phenoxy) is 1. The van der Waals surface area contributed by atoms with E-state index in [0.717, 1.165) is 21.0 Å². The van der Waals surface area contributed by atoms with Gasteiger partial charge in [-0.3, -0.25) is 13.9 Å². The van der Waals surface area contributed by atoms with Crippen LogP contribution in [0.25, 0.3) is 0 Å². The van der Waals surface area contributed by atoms with Gasteiger partial charge in [-0.05, 0) is 62.1 Å². The molecule has 42 heavy (non-hydrogen) atoms. The molecule has 0 radical (unpaired) electrons. The van der Waals surface area contributed by atoms with Gasteiger partial charge in [0.25, 0.3) is 10.0 Å². The molecule has 0 saturated heterocycles. The van der Waals surface area contributed by atoms with Crippen LogP contribution in [0.2, 0.25) is 5.02 Å². The third kappa shape index (κ3) is 8.26. The van der Waals surface area contributed by atoms with Crippen LogP contribution in [0.15, 0.2) is 71.6 Å². The lowest BCUT2D eigenvalue weighted by molar-refractivity contribution is -0.140. The number of anilines is 1. The van der Waals surface area contributed by atoms with Gasteiger partial charge in [0.1, 0.15) is 18.3 Å². The maximum Gasteiger partial charge on any atom is 0.264 e. The highest BCUT2D eigenvalue weighted by Crippen LogP contribution is 2.32. The van der Waals surface area contributed by atoms with Gasteiger partial charge in [-0.15, -0.1) is 0 Å². The Bertz CT molecular complexity index is 1470. The zero-order valence-corrected chi connectivity index (χ0v) is 26.6. The van der Waals surface area contributed by atoms with Gasteiger partial charge in [-0.1, -0.05) is 79.9 Å². The number of amides is 2. The van der Waals surface area contributed by atoms with Gasteiger partial charge in [0.05, 0.1) is 22.7 Å². The van der Waals surface area contributed by atoms with E-state index in [0.29, 0.717) is 18.7 Å². The monoisotopic (exact) mass is 613 g/mol. The van der Waals surface area contributed by atoms with E-state index < -0.39 is 28.5 Å². The minimum absolute atomic E-state index is 0.0274. The molecule has 0 unspecified atom stereocenters. The number of nitrogens with one attached hydrogen (secondary N) is 1. The molecular weight excluding hydrogens is 574 g/mol. The summed E-state index contributed by atoms with van der Waals surface area (Å²) >= 11 is 6.39. The summed E-state index contributed by atoms with van der Waals surface area (Å²) in [6.45, 7) is 9.69. The number of halogens is 1. The summed E-state index contributed by atoms with van der Waals surface area (Å²) in [5.74, 6) is -0.215. The summed E-state index contributed by atoms with van der Waals surface area (Å²) in [5.41, 5.74) is 2.98. The molecule has 0 bridgehead atoms. The first kappa shape index (κ1) is 32.9. The normalized spacial score (nSPS) is 12.1. The first-order valence-electron chi connectivity index (χ1n) is 13.9. The van der Waals surface area contributed by atoms with Crippen LogP contribution in [0.5, 0.6) is 5.75 Å².